The van der Waals surface area contributed by atoms with E-state index in [2.05, 4.69) is 15.9 Å². The molecule has 10 heavy (non-hydrogen) atoms. The summed E-state index contributed by atoms with van der Waals surface area (Å²) in [6.45, 7) is 0. The number of halogens is 1. The molecule has 54 valence electrons. The number of aromatic nitrogens is 1. The minimum Gasteiger partial charge on any atom is -0.491 e. The zero-order valence-electron chi connectivity index (χ0n) is 5.54. The van der Waals surface area contributed by atoms with Crippen LogP contribution in [0.2, 0.25) is 0 Å². The van der Waals surface area contributed by atoms with Crippen molar-refractivity contribution in [1.82, 2.24) is 0 Å². The molecule has 0 saturated carbocycles. The fourth-order valence-electron chi connectivity index (χ4n) is 0.649. The molecular formula is C6H8BrN2O+. The van der Waals surface area contributed by atoms with E-state index in [0.29, 0.717) is 0 Å². The molecule has 0 radical (unpaired) electrons. The van der Waals surface area contributed by atoms with Gasteiger partial charge in [0, 0.05) is 6.07 Å². The van der Waals surface area contributed by atoms with Crippen LogP contribution in [0.1, 0.15) is 0 Å². The van der Waals surface area contributed by atoms with Gasteiger partial charge in [-0.2, -0.15) is 0 Å². The topological polar surface area (TPSA) is 39.1 Å². The number of pyridine rings is 1. The van der Waals surface area contributed by atoms with Gasteiger partial charge in [-0.15, -0.1) is 0 Å². The molecule has 1 aromatic heterocycles. The van der Waals surface area contributed by atoms with Gasteiger partial charge in [-0.05, 0) is 15.9 Å². The Hall–Kier alpha value is -0.770. The lowest BCUT2D eigenvalue weighted by Gasteiger charge is -1.95. The van der Waals surface area contributed by atoms with Gasteiger partial charge in [0.1, 0.15) is 0 Å². The second kappa shape index (κ2) is 2.88. The molecule has 0 unspecified atom stereocenters. The Morgan fingerprint density at radius 1 is 1.60 bits per heavy atom. The number of nitrogens with zero attached hydrogens (tertiary/aromatic N) is 1. The quantitative estimate of drug-likeness (QED) is 0.533. The van der Waals surface area contributed by atoms with Crippen molar-refractivity contribution in [3.8, 4) is 5.75 Å². The van der Waals surface area contributed by atoms with Crippen LogP contribution in [-0.4, -0.2) is 7.11 Å². The minimum atomic E-state index is 0.733. The molecule has 1 heterocycles. The zero-order valence-corrected chi connectivity index (χ0v) is 7.13. The fourth-order valence-corrected chi connectivity index (χ4v) is 1.11. The lowest BCUT2D eigenvalue weighted by atomic mass is 10.5. The van der Waals surface area contributed by atoms with Gasteiger partial charge in [0.05, 0.1) is 11.6 Å². The van der Waals surface area contributed by atoms with Crippen molar-refractivity contribution in [3.05, 3.63) is 22.9 Å². The molecule has 0 aromatic carbocycles. The van der Waals surface area contributed by atoms with E-state index in [-0.39, 0.29) is 0 Å². The second-order valence-electron chi connectivity index (χ2n) is 1.84. The highest BCUT2D eigenvalue weighted by Gasteiger charge is 2.01. The molecule has 0 bridgehead atoms. The van der Waals surface area contributed by atoms with Gasteiger partial charge in [0.15, 0.2) is 5.75 Å². The van der Waals surface area contributed by atoms with Crippen molar-refractivity contribution in [2.75, 3.05) is 13.0 Å². The number of methoxy groups -OCH3 is 1. The van der Waals surface area contributed by atoms with E-state index in [0.717, 1.165) is 10.2 Å². The molecule has 3 nitrogen and oxygen atoms in total. The van der Waals surface area contributed by atoms with E-state index in [1.54, 1.807) is 19.5 Å². The van der Waals surface area contributed by atoms with Crippen molar-refractivity contribution in [2.45, 2.75) is 0 Å². The summed E-state index contributed by atoms with van der Waals surface area (Å²) in [5.74, 6) is 6.17. The highest BCUT2D eigenvalue weighted by Crippen LogP contribution is 2.13. The fraction of sp³-hybridized carbons (Fsp3) is 0.167. The molecule has 2 N–H and O–H groups in total. The SMILES string of the molecule is COc1cc(Br)c[n+](N)c1. The standard InChI is InChI=1S/C6H8BrN2O/c1-10-6-2-5(7)3-9(8)4-6/h2-4H,8H2,1H3/q+1. The Labute approximate surface area is 67.5 Å². The molecule has 0 spiro atoms. The largest absolute Gasteiger partial charge is 0.491 e. The van der Waals surface area contributed by atoms with Crippen LogP contribution in [0.4, 0.5) is 0 Å². The summed E-state index contributed by atoms with van der Waals surface area (Å²) in [6.07, 6.45) is 3.42. The average molecular weight is 204 g/mol. The number of hydrogen-bond donors (Lipinski definition) is 1. The lowest BCUT2D eigenvalue weighted by molar-refractivity contribution is -0.639. The lowest BCUT2D eigenvalue weighted by Crippen LogP contribution is -2.43. The van der Waals surface area contributed by atoms with E-state index in [4.69, 9.17) is 10.6 Å². The predicted octanol–water partition coefficient (Wildman–Crippen LogP) is 0.459. The van der Waals surface area contributed by atoms with Crippen LogP contribution >= 0.6 is 15.9 Å². The Morgan fingerprint density at radius 2 is 2.30 bits per heavy atom. The van der Waals surface area contributed by atoms with Gasteiger partial charge >= 0.3 is 0 Å². The third kappa shape index (κ3) is 1.60. The molecule has 0 aliphatic heterocycles. The van der Waals surface area contributed by atoms with Crippen molar-refractivity contribution in [2.24, 2.45) is 0 Å². The Morgan fingerprint density at radius 3 is 2.80 bits per heavy atom. The Bertz CT molecular complexity index is 219. The third-order valence-electron chi connectivity index (χ3n) is 1.06. The maximum Gasteiger partial charge on any atom is 0.240 e. The van der Waals surface area contributed by atoms with Gasteiger partial charge in [-0.25, -0.2) is 5.84 Å². The van der Waals surface area contributed by atoms with Crippen molar-refractivity contribution in [1.29, 1.82) is 0 Å². The number of nitrogens with two attached hydrogens (primary N) is 1. The first-order valence-electron chi connectivity index (χ1n) is 2.73. The molecule has 0 aliphatic carbocycles. The van der Waals surface area contributed by atoms with Crippen molar-refractivity contribution >= 4 is 15.9 Å². The highest BCUT2D eigenvalue weighted by atomic mass is 79.9. The summed E-state index contributed by atoms with van der Waals surface area (Å²) in [4.78, 5) is 0. The summed E-state index contributed by atoms with van der Waals surface area (Å²) in [7, 11) is 1.60. The summed E-state index contributed by atoms with van der Waals surface area (Å²) < 4.78 is 7.28. The van der Waals surface area contributed by atoms with E-state index in [1.165, 1.54) is 4.68 Å². The van der Waals surface area contributed by atoms with Crippen LogP contribution in [0, 0.1) is 0 Å². The first-order valence-corrected chi connectivity index (χ1v) is 3.52. The molecule has 0 aliphatic rings. The first kappa shape index (κ1) is 7.34. The predicted molar refractivity (Wildman–Crippen MR) is 41.0 cm³/mol. The van der Waals surface area contributed by atoms with Gasteiger partial charge in [-0.3, -0.25) is 0 Å². The minimum absolute atomic E-state index is 0.733. The average Bonchev–Trinajstić information content (AvgIpc) is 1.85. The van der Waals surface area contributed by atoms with Crippen LogP contribution in [0.3, 0.4) is 0 Å². The van der Waals surface area contributed by atoms with Crippen molar-refractivity contribution < 1.29 is 9.41 Å². The molecule has 0 fully saturated rings. The maximum absolute atomic E-state index is 5.44. The maximum atomic E-state index is 5.44. The molecule has 0 amide bonds. The summed E-state index contributed by atoms with van der Waals surface area (Å²) in [5.41, 5.74) is 0. The zero-order chi connectivity index (χ0) is 7.56. The first-order chi connectivity index (χ1) is 4.72. The van der Waals surface area contributed by atoms with E-state index < -0.39 is 0 Å². The highest BCUT2D eigenvalue weighted by molar-refractivity contribution is 9.10. The van der Waals surface area contributed by atoms with Crippen LogP contribution in [0.5, 0.6) is 5.75 Å². The third-order valence-corrected chi connectivity index (χ3v) is 1.50. The summed E-state index contributed by atoms with van der Waals surface area (Å²) in [6, 6.07) is 1.84. The van der Waals surface area contributed by atoms with Gasteiger partial charge < -0.3 is 4.74 Å². The monoisotopic (exact) mass is 203 g/mol. The molecule has 4 heteroatoms. The van der Waals surface area contributed by atoms with Crippen LogP contribution in [-0.2, 0) is 0 Å². The number of hydrogen-bond acceptors (Lipinski definition) is 2. The van der Waals surface area contributed by atoms with Crippen LogP contribution in [0.25, 0.3) is 0 Å². The van der Waals surface area contributed by atoms with Gasteiger partial charge in [0.2, 0.25) is 12.4 Å². The molecule has 1 aromatic rings. The number of nitrogen functional groups attached to an aromatic ring is 1. The van der Waals surface area contributed by atoms with Gasteiger partial charge in [0.25, 0.3) is 0 Å². The van der Waals surface area contributed by atoms with E-state index in [1.807, 2.05) is 6.07 Å². The number of rotatable bonds is 1. The smallest absolute Gasteiger partial charge is 0.240 e. The Kier molecular flexibility index (Phi) is 2.11. The summed E-state index contributed by atoms with van der Waals surface area (Å²) >= 11 is 3.27. The molecular weight excluding hydrogens is 196 g/mol. The summed E-state index contributed by atoms with van der Waals surface area (Å²) in [5, 5.41) is 0. The molecule has 0 saturated heterocycles. The molecule has 0 atom stereocenters. The number of ether oxygens (including phenoxy) is 1. The normalized spacial score (nSPS) is 9.40. The van der Waals surface area contributed by atoms with Crippen LogP contribution < -0.4 is 15.3 Å². The van der Waals surface area contributed by atoms with E-state index >= 15 is 0 Å². The Balaban J connectivity index is 3.06. The van der Waals surface area contributed by atoms with Crippen LogP contribution in [0.15, 0.2) is 22.9 Å². The second-order valence-corrected chi connectivity index (χ2v) is 2.76. The van der Waals surface area contributed by atoms with E-state index in [9.17, 15) is 0 Å². The van der Waals surface area contributed by atoms with Crippen molar-refractivity contribution in [3.63, 3.8) is 0 Å². The van der Waals surface area contributed by atoms with Gasteiger partial charge in [-0.1, -0.05) is 4.68 Å². The molecule has 1 rings (SSSR count).